The molecule has 0 amide bonds. The summed E-state index contributed by atoms with van der Waals surface area (Å²) in [7, 11) is 0. The molecule has 176 valence electrons. The SMILES string of the molecule is c1ccc(-c2cnn(-c3cccc(Oc4ccc5c6ccccc6n(-c6ccccn6)c5c4)c3)c2)nc1. The molecule has 7 aromatic rings. The lowest BCUT2D eigenvalue weighted by Gasteiger charge is -2.10. The Morgan fingerprint density at radius 1 is 0.622 bits per heavy atom. The van der Waals surface area contributed by atoms with Crippen LogP contribution in [0.5, 0.6) is 11.5 Å². The zero-order chi connectivity index (χ0) is 24.6. The lowest BCUT2D eigenvalue weighted by molar-refractivity contribution is 0.483. The highest BCUT2D eigenvalue weighted by Crippen LogP contribution is 2.35. The van der Waals surface area contributed by atoms with E-state index in [9.17, 15) is 0 Å². The number of benzene rings is 3. The predicted octanol–water partition coefficient (Wildman–Crippen LogP) is 7.22. The minimum atomic E-state index is 0.729. The Balaban J connectivity index is 1.26. The Labute approximate surface area is 213 Å². The van der Waals surface area contributed by atoms with Crippen molar-refractivity contribution in [3.05, 3.63) is 128 Å². The number of rotatable bonds is 5. The van der Waals surface area contributed by atoms with Crippen molar-refractivity contribution < 1.29 is 4.74 Å². The van der Waals surface area contributed by atoms with Crippen LogP contribution >= 0.6 is 0 Å². The molecule has 4 heterocycles. The van der Waals surface area contributed by atoms with Gasteiger partial charge in [-0.25, -0.2) is 9.67 Å². The second-order valence-electron chi connectivity index (χ2n) is 8.71. The number of aromatic nitrogens is 5. The van der Waals surface area contributed by atoms with E-state index in [2.05, 4.69) is 56.0 Å². The predicted molar refractivity (Wildman–Crippen MR) is 145 cm³/mol. The third kappa shape index (κ3) is 3.81. The van der Waals surface area contributed by atoms with Crippen LogP contribution in [0.25, 0.3) is 44.6 Å². The smallest absolute Gasteiger partial charge is 0.137 e. The fourth-order valence-electron chi connectivity index (χ4n) is 4.70. The van der Waals surface area contributed by atoms with Crippen molar-refractivity contribution in [3.8, 4) is 34.3 Å². The maximum Gasteiger partial charge on any atom is 0.137 e. The molecule has 0 bridgehead atoms. The first-order valence-electron chi connectivity index (χ1n) is 12.0. The molecule has 6 nitrogen and oxygen atoms in total. The number of pyridine rings is 2. The van der Waals surface area contributed by atoms with Gasteiger partial charge in [-0.1, -0.05) is 36.4 Å². The van der Waals surface area contributed by atoms with Crippen LogP contribution in [0.3, 0.4) is 0 Å². The summed E-state index contributed by atoms with van der Waals surface area (Å²) in [6.07, 6.45) is 7.39. The molecule has 0 aliphatic carbocycles. The Morgan fingerprint density at radius 2 is 1.43 bits per heavy atom. The van der Waals surface area contributed by atoms with Gasteiger partial charge >= 0.3 is 0 Å². The number of fused-ring (bicyclic) bond motifs is 3. The zero-order valence-electron chi connectivity index (χ0n) is 19.8. The third-order valence-corrected chi connectivity index (χ3v) is 6.38. The van der Waals surface area contributed by atoms with E-state index in [1.54, 1.807) is 6.20 Å². The lowest BCUT2D eigenvalue weighted by atomic mass is 10.1. The van der Waals surface area contributed by atoms with Crippen molar-refractivity contribution in [2.75, 3.05) is 0 Å². The summed E-state index contributed by atoms with van der Waals surface area (Å²) >= 11 is 0. The van der Waals surface area contributed by atoms with Gasteiger partial charge in [0.2, 0.25) is 0 Å². The molecular weight excluding hydrogens is 458 g/mol. The Kier molecular flexibility index (Phi) is 5.00. The van der Waals surface area contributed by atoms with E-state index in [-0.39, 0.29) is 0 Å². The number of hydrogen-bond donors (Lipinski definition) is 0. The molecule has 0 aliphatic rings. The quantitative estimate of drug-likeness (QED) is 0.262. The second-order valence-corrected chi connectivity index (χ2v) is 8.71. The van der Waals surface area contributed by atoms with Gasteiger partial charge in [0.25, 0.3) is 0 Å². The van der Waals surface area contributed by atoms with Crippen molar-refractivity contribution in [1.29, 1.82) is 0 Å². The standard InChI is InChI=1S/C31H21N5O/c1-2-12-29-26(10-1)27-15-14-25(19-30(27)36(29)31-13-4-6-17-33-31)37-24-9-7-8-23(18-24)35-21-22(20-34-35)28-11-3-5-16-32-28/h1-21H. The number of nitrogens with zero attached hydrogens (tertiary/aromatic N) is 5. The van der Waals surface area contributed by atoms with Gasteiger partial charge in [-0.2, -0.15) is 5.10 Å². The van der Waals surface area contributed by atoms with Gasteiger partial charge in [0.15, 0.2) is 0 Å². The fourth-order valence-corrected chi connectivity index (χ4v) is 4.70. The van der Waals surface area contributed by atoms with Gasteiger partial charge in [-0.15, -0.1) is 0 Å². The van der Waals surface area contributed by atoms with Gasteiger partial charge in [-0.05, 0) is 54.6 Å². The largest absolute Gasteiger partial charge is 0.457 e. The lowest BCUT2D eigenvalue weighted by Crippen LogP contribution is -1.96. The highest BCUT2D eigenvalue weighted by atomic mass is 16.5. The van der Waals surface area contributed by atoms with Crippen LogP contribution in [0, 0.1) is 0 Å². The van der Waals surface area contributed by atoms with Crippen LogP contribution in [0.2, 0.25) is 0 Å². The molecule has 0 atom stereocenters. The molecule has 0 saturated heterocycles. The van der Waals surface area contributed by atoms with E-state index < -0.39 is 0 Å². The van der Waals surface area contributed by atoms with Crippen molar-refractivity contribution >= 4 is 21.8 Å². The molecule has 3 aromatic carbocycles. The molecule has 0 radical (unpaired) electrons. The Morgan fingerprint density at radius 3 is 2.30 bits per heavy atom. The van der Waals surface area contributed by atoms with E-state index in [0.29, 0.717) is 0 Å². The van der Waals surface area contributed by atoms with Crippen molar-refractivity contribution in [2.45, 2.75) is 0 Å². The highest BCUT2D eigenvalue weighted by molar-refractivity contribution is 6.09. The Hall–Kier alpha value is -5.23. The zero-order valence-corrected chi connectivity index (χ0v) is 19.8. The fraction of sp³-hybridized carbons (Fsp3) is 0. The summed E-state index contributed by atoms with van der Waals surface area (Å²) in [5, 5.41) is 6.87. The highest BCUT2D eigenvalue weighted by Gasteiger charge is 2.14. The van der Waals surface area contributed by atoms with E-state index in [4.69, 9.17) is 4.74 Å². The van der Waals surface area contributed by atoms with E-state index in [0.717, 1.165) is 50.7 Å². The molecule has 0 saturated carbocycles. The monoisotopic (exact) mass is 479 g/mol. The summed E-state index contributed by atoms with van der Waals surface area (Å²) in [5.41, 5.74) is 4.90. The van der Waals surface area contributed by atoms with E-state index >= 15 is 0 Å². The molecule has 0 N–H and O–H groups in total. The normalized spacial score (nSPS) is 11.2. The van der Waals surface area contributed by atoms with Gasteiger partial charge in [-0.3, -0.25) is 9.55 Å². The van der Waals surface area contributed by atoms with Gasteiger partial charge in [0, 0.05) is 47.1 Å². The molecule has 0 spiro atoms. The molecule has 4 aromatic heterocycles. The van der Waals surface area contributed by atoms with Crippen LogP contribution in [-0.4, -0.2) is 24.3 Å². The minimum absolute atomic E-state index is 0.729. The minimum Gasteiger partial charge on any atom is -0.457 e. The van der Waals surface area contributed by atoms with Crippen LogP contribution in [0.15, 0.2) is 128 Å². The average molecular weight is 480 g/mol. The molecular formula is C31H21N5O. The molecule has 0 fully saturated rings. The number of ether oxygens (including phenoxy) is 1. The molecule has 0 aliphatic heterocycles. The summed E-state index contributed by atoms with van der Waals surface area (Å²) in [6.45, 7) is 0. The van der Waals surface area contributed by atoms with Crippen molar-refractivity contribution in [2.24, 2.45) is 0 Å². The van der Waals surface area contributed by atoms with Crippen LogP contribution in [-0.2, 0) is 0 Å². The van der Waals surface area contributed by atoms with Crippen LogP contribution in [0.4, 0.5) is 0 Å². The van der Waals surface area contributed by atoms with Gasteiger partial charge < -0.3 is 4.74 Å². The second kappa shape index (κ2) is 8.77. The number of para-hydroxylation sites is 1. The van der Waals surface area contributed by atoms with E-state index in [1.807, 2.05) is 90.0 Å². The van der Waals surface area contributed by atoms with E-state index in [1.165, 1.54) is 5.39 Å². The molecule has 6 heteroatoms. The summed E-state index contributed by atoms with van der Waals surface area (Å²) in [4.78, 5) is 9.03. The first kappa shape index (κ1) is 21.1. The summed E-state index contributed by atoms with van der Waals surface area (Å²) < 4.78 is 10.3. The maximum absolute atomic E-state index is 6.34. The summed E-state index contributed by atoms with van der Waals surface area (Å²) in [5.74, 6) is 2.35. The van der Waals surface area contributed by atoms with Crippen LogP contribution in [0.1, 0.15) is 0 Å². The number of hydrogen-bond acceptors (Lipinski definition) is 4. The summed E-state index contributed by atoms with van der Waals surface area (Å²) in [6, 6.07) is 34.3. The average Bonchev–Trinajstić information content (AvgIpc) is 3.58. The first-order chi connectivity index (χ1) is 18.3. The maximum atomic E-state index is 6.34. The van der Waals surface area contributed by atoms with Crippen molar-refractivity contribution in [3.63, 3.8) is 0 Å². The van der Waals surface area contributed by atoms with Crippen molar-refractivity contribution in [1.82, 2.24) is 24.3 Å². The van der Waals surface area contributed by atoms with Crippen LogP contribution < -0.4 is 4.74 Å². The van der Waals surface area contributed by atoms with Gasteiger partial charge in [0.05, 0.1) is 28.6 Å². The third-order valence-electron chi connectivity index (χ3n) is 6.38. The molecule has 37 heavy (non-hydrogen) atoms. The first-order valence-corrected chi connectivity index (χ1v) is 12.0. The van der Waals surface area contributed by atoms with Gasteiger partial charge in [0.1, 0.15) is 17.3 Å². The Bertz CT molecular complexity index is 1860. The molecule has 0 unspecified atom stereocenters. The topological polar surface area (TPSA) is 57.8 Å². The molecule has 7 rings (SSSR count).